The third-order valence-corrected chi connectivity index (χ3v) is 2.97. The zero-order chi connectivity index (χ0) is 14.5. The fourth-order valence-corrected chi connectivity index (χ4v) is 1.81. The molecule has 19 heavy (non-hydrogen) atoms. The molecule has 0 spiro atoms. The van der Waals surface area contributed by atoms with Crippen LogP contribution in [0.3, 0.4) is 0 Å². The number of ether oxygens (including phenoxy) is 1. The Morgan fingerprint density at radius 2 is 1.95 bits per heavy atom. The molecular formula is C15H23NO3. The molecule has 0 aliphatic rings. The number of carboxylic acid groups (broad SMARTS) is 1. The molecule has 0 aromatic heterocycles. The number of carbonyl (C=O) groups is 1. The van der Waals surface area contributed by atoms with Crippen molar-refractivity contribution in [2.45, 2.75) is 51.7 Å². The molecule has 106 valence electrons. The number of rotatable bonds is 7. The lowest BCUT2D eigenvalue weighted by molar-refractivity contribution is -0.152. The van der Waals surface area contributed by atoms with Crippen molar-refractivity contribution in [1.82, 2.24) is 0 Å². The van der Waals surface area contributed by atoms with Gasteiger partial charge in [0, 0.05) is 6.04 Å². The average molecular weight is 265 g/mol. The Balaban J connectivity index is 2.64. The number of carboxylic acids is 1. The lowest BCUT2D eigenvalue weighted by Gasteiger charge is -2.21. The van der Waals surface area contributed by atoms with Crippen LogP contribution in [0.1, 0.15) is 39.2 Å². The Hall–Kier alpha value is -1.55. The van der Waals surface area contributed by atoms with Gasteiger partial charge in [0.2, 0.25) is 0 Å². The minimum Gasteiger partial charge on any atom is -0.478 e. The van der Waals surface area contributed by atoms with Gasteiger partial charge in [-0.05, 0) is 44.4 Å². The van der Waals surface area contributed by atoms with E-state index in [1.165, 1.54) is 13.8 Å². The molecule has 0 amide bonds. The maximum Gasteiger partial charge on any atom is 0.347 e. The third-order valence-electron chi connectivity index (χ3n) is 2.97. The molecule has 1 atom stereocenters. The van der Waals surface area contributed by atoms with E-state index in [2.05, 4.69) is 6.92 Å². The van der Waals surface area contributed by atoms with Crippen LogP contribution in [0.25, 0.3) is 0 Å². The minimum absolute atomic E-state index is 0.173. The second kappa shape index (κ2) is 6.57. The Labute approximate surface area is 114 Å². The van der Waals surface area contributed by atoms with Crippen LogP contribution in [-0.2, 0) is 11.2 Å². The zero-order valence-corrected chi connectivity index (χ0v) is 11.8. The van der Waals surface area contributed by atoms with Crippen molar-refractivity contribution in [2.24, 2.45) is 5.73 Å². The van der Waals surface area contributed by atoms with Gasteiger partial charge in [-0.15, -0.1) is 0 Å². The highest BCUT2D eigenvalue weighted by Gasteiger charge is 2.29. The number of nitrogens with two attached hydrogens (primary N) is 1. The summed E-state index contributed by atoms with van der Waals surface area (Å²) in [7, 11) is 0. The van der Waals surface area contributed by atoms with Crippen molar-refractivity contribution in [3.8, 4) is 5.75 Å². The molecule has 1 unspecified atom stereocenters. The molecule has 4 heteroatoms. The monoisotopic (exact) mass is 265 g/mol. The van der Waals surface area contributed by atoms with Gasteiger partial charge in [0.15, 0.2) is 5.60 Å². The fourth-order valence-electron chi connectivity index (χ4n) is 1.81. The van der Waals surface area contributed by atoms with Crippen LogP contribution in [-0.4, -0.2) is 22.7 Å². The minimum atomic E-state index is -1.22. The summed E-state index contributed by atoms with van der Waals surface area (Å²) in [5.41, 5.74) is 5.90. The molecule has 0 saturated carbocycles. The van der Waals surface area contributed by atoms with E-state index >= 15 is 0 Å². The van der Waals surface area contributed by atoms with Crippen LogP contribution in [0.2, 0.25) is 0 Å². The summed E-state index contributed by atoms with van der Waals surface area (Å²) in [6.07, 6.45) is 2.91. The van der Waals surface area contributed by atoms with Gasteiger partial charge in [-0.25, -0.2) is 4.79 Å². The first-order valence-electron chi connectivity index (χ1n) is 6.62. The van der Waals surface area contributed by atoms with Crippen LogP contribution in [0, 0.1) is 0 Å². The zero-order valence-electron chi connectivity index (χ0n) is 11.8. The predicted octanol–water partition coefficient (Wildman–Crippen LogP) is 2.60. The maximum absolute atomic E-state index is 11.0. The molecule has 3 N–H and O–H groups in total. The summed E-state index contributed by atoms with van der Waals surface area (Å²) in [4.78, 5) is 11.0. The lowest BCUT2D eigenvalue weighted by Crippen LogP contribution is -2.37. The Bertz CT molecular complexity index is 412. The van der Waals surface area contributed by atoms with Gasteiger partial charge in [0.25, 0.3) is 0 Å². The SMILES string of the molecule is CCCC(N)Cc1ccc(OC(C)(C)C(=O)O)cc1. The molecule has 1 aromatic rings. The molecule has 1 rings (SSSR count). The van der Waals surface area contributed by atoms with Gasteiger partial charge in [-0.3, -0.25) is 0 Å². The van der Waals surface area contributed by atoms with Crippen molar-refractivity contribution >= 4 is 5.97 Å². The number of hydrogen-bond donors (Lipinski definition) is 2. The third kappa shape index (κ3) is 4.91. The highest BCUT2D eigenvalue weighted by atomic mass is 16.5. The summed E-state index contributed by atoms with van der Waals surface area (Å²) in [6.45, 7) is 5.17. The van der Waals surface area contributed by atoms with Gasteiger partial charge in [0.1, 0.15) is 5.75 Å². The molecule has 0 heterocycles. The van der Waals surface area contributed by atoms with E-state index in [4.69, 9.17) is 15.6 Å². The van der Waals surface area contributed by atoms with Gasteiger partial charge in [-0.1, -0.05) is 25.5 Å². The predicted molar refractivity (Wildman–Crippen MR) is 75.4 cm³/mol. The molecular weight excluding hydrogens is 242 g/mol. The van der Waals surface area contributed by atoms with E-state index in [9.17, 15) is 4.79 Å². The summed E-state index contributed by atoms with van der Waals surface area (Å²) in [5.74, 6) is -0.429. The molecule has 4 nitrogen and oxygen atoms in total. The molecule has 0 radical (unpaired) electrons. The molecule has 0 bridgehead atoms. The Morgan fingerprint density at radius 3 is 2.42 bits per heavy atom. The van der Waals surface area contributed by atoms with E-state index < -0.39 is 11.6 Å². The van der Waals surface area contributed by atoms with Gasteiger partial charge in [0.05, 0.1) is 0 Å². The average Bonchev–Trinajstić information content (AvgIpc) is 2.31. The first kappa shape index (κ1) is 15.5. The second-order valence-corrected chi connectivity index (χ2v) is 5.31. The molecule has 0 aliphatic carbocycles. The molecule has 0 fully saturated rings. The van der Waals surface area contributed by atoms with Crippen LogP contribution in [0.4, 0.5) is 0 Å². The van der Waals surface area contributed by atoms with E-state index in [1.807, 2.05) is 12.1 Å². The van der Waals surface area contributed by atoms with Crippen LogP contribution in [0.5, 0.6) is 5.75 Å². The Morgan fingerprint density at radius 1 is 1.37 bits per heavy atom. The maximum atomic E-state index is 11.0. The normalized spacial score (nSPS) is 13.1. The second-order valence-electron chi connectivity index (χ2n) is 5.31. The number of hydrogen-bond acceptors (Lipinski definition) is 3. The summed E-state index contributed by atoms with van der Waals surface area (Å²) >= 11 is 0. The number of benzene rings is 1. The van der Waals surface area contributed by atoms with E-state index in [-0.39, 0.29) is 6.04 Å². The summed E-state index contributed by atoms with van der Waals surface area (Å²) in [5, 5.41) is 8.99. The molecule has 1 aromatic carbocycles. The highest BCUT2D eigenvalue weighted by Crippen LogP contribution is 2.20. The highest BCUT2D eigenvalue weighted by molar-refractivity contribution is 5.76. The standard InChI is InChI=1S/C15H23NO3/c1-4-5-12(16)10-11-6-8-13(9-7-11)19-15(2,3)14(17)18/h6-9,12H,4-5,10,16H2,1-3H3,(H,17,18). The van der Waals surface area contributed by atoms with E-state index in [0.29, 0.717) is 5.75 Å². The van der Waals surface area contributed by atoms with Crippen LogP contribution < -0.4 is 10.5 Å². The topological polar surface area (TPSA) is 72.5 Å². The van der Waals surface area contributed by atoms with Crippen molar-refractivity contribution in [2.75, 3.05) is 0 Å². The quantitative estimate of drug-likeness (QED) is 0.794. The largest absolute Gasteiger partial charge is 0.478 e. The lowest BCUT2D eigenvalue weighted by atomic mass is 10.0. The van der Waals surface area contributed by atoms with E-state index in [0.717, 1.165) is 24.8 Å². The van der Waals surface area contributed by atoms with Crippen molar-refractivity contribution < 1.29 is 14.6 Å². The van der Waals surface area contributed by atoms with Gasteiger partial charge in [-0.2, -0.15) is 0 Å². The smallest absolute Gasteiger partial charge is 0.347 e. The summed E-state index contributed by atoms with van der Waals surface area (Å²) in [6, 6.07) is 7.62. The van der Waals surface area contributed by atoms with Crippen molar-refractivity contribution in [1.29, 1.82) is 0 Å². The molecule has 0 saturated heterocycles. The van der Waals surface area contributed by atoms with Crippen molar-refractivity contribution in [3.05, 3.63) is 29.8 Å². The Kier molecular flexibility index (Phi) is 5.36. The summed E-state index contributed by atoms with van der Waals surface area (Å²) < 4.78 is 5.44. The van der Waals surface area contributed by atoms with Crippen LogP contribution >= 0.6 is 0 Å². The van der Waals surface area contributed by atoms with Gasteiger partial charge < -0.3 is 15.6 Å². The first-order chi connectivity index (χ1) is 8.85. The van der Waals surface area contributed by atoms with Crippen LogP contribution in [0.15, 0.2) is 24.3 Å². The fraction of sp³-hybridized carbons (Fsp3) is 0.533. The van der Waals surface area contributed by atoms with Gasteiger partial charge >= 0.3 is 5.97 Å². The van der Waals surface area contributed by atoms with Crippen molar-refractivity contribution in [3.63, 3.8) is 0 Å². The molecule has 0 aliphatic heterocycles. The number of aliphatic carboxylic acids is 1. The first-order valence-corrected chi connectivity index (χ1v) is 6.62. The van der Waals surface area contributed by atoms with E-state index in [1.54, 1.807) is 12.1 Å².